The Morgan fingerprint density at radius 2 is 2.26 bits per heavy atom. The molecule has 0 aromatic heterocycles. The molecule has 1 aromatic rings. The summed E-state index contributed by atoms with van der Waals surface area (Å²) in [6.45, 7) is 2.87. The molecule has 0 radical (unpaired) electrons. The highest BCUT2D eigenvalue weighted by molar-refractivity contribution is 5.92. The average molecular weight is 260 g/mol. The summed E-state index contributed by atoms with van der Waals surface area (Å²) in [7, 11) is 1.62. The fourth-order valence-corrected chi connectivity index (χ4v) is 1.61. The van der Waals surface area contributed by atoms with Crippen LogP contribution in [0.3, 0.4) is 0 Å². The number of ether oxygens (including phenoxy) is 1. The van der Waals surface area contributed by atoms with Crippen LogP contribution in [0.1, 0.15) is 24.0 Å². The minimum atomic E-state index is -0.0308. The van der Waals surface area contributed by atoms with E-state index in [1.54, 1.807) is 7.11 Å². The third-order valence-electron chi connectivity index (χ3n) is 2.53. The van der Waals surface area contributed by atoms with Crippen LogP contribution >= 0.6 is 0 Å². The van der Waals surface area contributed by atoms with E-state index in [-0.39, 0.29) is 5.91 Å². The second-order valence-corrected chi connectivity index (χ2v) is 4.20. The van der Waals surface area contributed by atoms with E-state index < -0.39 is 0 Å². The first-order valence-electron chi connectivity index (χ1n) is 6.25. The fraction of sp³-hybridized carbons (Fsp3) is 0.400. The van der Waals surface area contributed by atoms with Crippen LogP contribution in [0.5, 0.6) is 0 Å². The van der Waals surface area contributed by atoms with E-state index in [0.29, 0.717) is 26.0 Å². The Bertz CT molecular complexity index is 487. The number of rotatable bonds is 5. The molecule has 0 aliphatic carbocycles. The van der Waals surface area contributed by atoms with Crippen LogP contribution in [0, 0.1) is 18.8 Å². The van der Waals surface area contributed by atoms with Gasteiger partial charge in [0.05, 0.1) is 12.2 Å². The molecule has 1 amide bonds. The van der Waals surface area contributed by atoms with Crippen molar-refractivity contribution in [2.24, 2.45) is 5.73 Å². The van der Waals surface area contributed by atoms with Crippen LogP contribution in [0.25, 0.3) is 0 Å². The fourth-order valence-electron chi connectivity index (χ4n) is 1.61. The van der Waals surface area contributed by atoms with Gasteiger partial charge >= 0.3 is 0 Å². The lowest BCUT2D eigenvalue weighted by Gasteiger charge is -2.08. The van der Waals surface area contributed by atoms with Crippen molar-refractivity contribution in [3.05, 3.63) is 29.3 Å². The van der Waals surface area contributed by atoms with Gasteiger partial charge in [0, 0.05) is 25.7 Å². The quantitative estimate of drug-likeness (QED) is 0.625. The average Bonchev–Trinajstić information content (AvgIpc) is 2.39. The van der Waals surface area contributed by atoms with E-state index in [9.17, 15) is 4.79 Å². The van der Waals surface area contributed by atoms with Gasteiger partial charge in [0.25, 0.3) is 0 Å². The van der Waals surface area contributed by atoms with E-state index >= 15 is 0 Å². The zero-order chi connectivity index (χ0) is 14.1. The summed E-state index contributed by atoms with van der Waals surface area (Å²) in [6.07, 6.45) is 1.14. The van der Waals surface area contributed by atoms with Crippen molar-refractivity contribution >= 4 is 11.6 Å². The Morgan fingerprint density at radius 3 is 2.95 bits per heavy atom. The molecule has 4 nitrogen and oxygen atoms in total. The molecule has 0 saturated heterocycles. The first kappa shape index (κ1) is 15.2. The maximum absolute atomic E-state index is 11.8. The molecule has 19 heavy (non-hydrogen) atoms. The lowest BCUT2D eigenvalue weighted by molar-refractivity contribution is -0.116. The molecule has 0 fully saturated rings. The number of methoxy groups -OCH3 is 1. The number of carbonyl (C=O) groups is 1. The van der Waals surface area contributed by atoms with Gasteiger partial charge in [-0.3, -0.25) is 4.79 Å². The molecular weight excluding hydrogens is 240 g/mol. The van der Waals surface area contributed by atoms with Crippen molar-refractivity contribution < 1.29 is 9.53 Å². The third kappa shape index (κ3) is 5.56. The molecule has 0 heterocycles. The summed E-state index contributed by atoms with van der Waals surface area (Å²) < 4.78 is 4.92. The summed E-state index contributed by atoms with van der Waals surface area (Å²) in [5, 5.41) is 2.87. The molecular formula is C15H20N2O2. The van der Waals surface area contributed by atoms with Crippen LogP contribution in [0.2, 0.25) is 0 Å². The number of amides is 1. The van der Waals surface area contributed by atoms with Gasteiger partial charge in [-0.05, 0) is 31.0 Å². The molecule has 102 valence electrons. The Hall–Kier alpha value is -1.83. The Morgan fingerprint density at radius 1 is 1.47 bits per heavy atom. The van der Waals surface area contributed by atoms with Crippen LogP contribution in [0.4, 0.5) is 5.69 Å². The standard InChI is InChI=1S/C15H20N2O2/c1-12-7-8-14(13(11-12)5-3-9-16)17-15(18)6-4-10-19-2/h7-8,11H,4,6,9-10,16H2,1-2H3,(H,17,18). The number of benzene rings is 1. The van der Waals surface area contributed by atoms with E-state index in [4.69, 9.17) is 10.5 Å². The minimum absolute atomic E-state index is 0.0308. The lowest BCUT2D eigenvalue weighted by atomic mass is 10.1. The lowest BCUT2D eigenvalue weighted by Crippen LogP contribution is -2.13. The summed E-state index contributed by atoms with van der Waals surface area (Å²) in [4.78, 5) is 11.8. The highest BCUT2D eigenvalue weighted by Gasteiger charge is 2.05. The Kier molecular flexibility index (Phi) is 6.65. The van der Waals surface area contributed by atoms with Crippen LogP contribution in [-0.2, 0) is 9.53 Å². The van der Waals surface area contributed by atoms with E-state index in [2.05, 4.69) is 17.2 Å². The molecule has 0 aliphatic heterocycles. The molecule has 1 aromatic carbocycles. The molecule has 0 spiro atoms. The molecule has 0 atom stereocenters. The summed E-state index contributed by atoms with van der Waals surface area (Å²) in [5.74, 6) is 5.75. The number of carbonyl (C=O) groups excluding carboxylic acids is 1. The second kappa shape index (κ2) is 8.30. The first-order chi connectivity index (χ1) is 9.17. The molecule has 3 N–H and O–H groups in total. The smallest absolute Gasteiger partial charge is 0.224 e. The van der Waals surface area contributed by atoms with Crippen molar-refractivity contribution in [3.63, 3.8) is 0 Å². The first-order valence-corrected chi connectivity index (χ1v) is 6.25. The van der Waals surface area contributed by atoms with Crippen LogP contribution < -0.4 is 11.1 Å². The number of anilines is 1. The Balaban J connectivity index is 2.74. The van der Waals surface area contributed by atoms with Crippen molar-refractivity contribution in [1.82, 2.24) is 0 Å². The van der Waals surface area contributed by atoms with Gasteiger partial charge in [0.2, 0.25) is 5.91 Å². The summed E-state index contributed by atoms with van der Waals surface area (Å²) >= 11 is 0. The van der Waals surface area contributed by atoms with Crippen LogP contribution in [0.15, 0.2) is 18.2 Å². The van der Waals surface area contributed by atoms with Crippen LogP contribution in [-0.4, -0.2) is 26.2 Å². The number of nitrogens with two attached hydrogens (primary N) is 1. The number of aryl methyl sites for hydroxylation is 1. The highest BCUT2D eigenvalue weighted by atomic mass is 16.5. The Labute approximate surface area is 114 Å². The van der Waals surface area contributed by atoms with Gasteiger partial charge in [-0.25, -0.2) is 0 Å². The zero-order valence-corrected chi connectivity index (χ0v) is 11.5. The maximum atomic E-state index is 11.8. The van der Waals surface area contributed by atoms with Crippen molar-refractivity contribution in [2.75, 3.05) is 25.6 Å². The van der Waals surface area contributed by atoms with Crippen molar-refractivity contribution in [1.29, 1.82) is 0 Å². The van der Waals surface area contributed by atoms with Crippen molar-refractivity contribution in [2.45, 2.75) is 19.8 Å². The van der Waals surface area contributed by atoms with E-state index in [1.165, 1.54) is 0 Å². The van der Waals surface area contributed by atoms with Gasteiger partial charge in [0.1, 0.15) is 0 Å². The number of hydrogen-bond acceptors (Lipinski definition) is 3. The van der Waals surface area contributed by atoms with Gasteiger partial charge < -0.3 is 15.8 Å². The third-order valence-corrected chi connectivity index (χ3v) is 2.53. The number of hydrogen-bond donors (Lipinski definition) is 2. The van der Waals surface area contributed by atoms with E-state index in [0.717, 1.165) is 16.8 Å². The predicted molar refractivity (Wildman–Crippen MR) is 76.9 cm³/mol. The molecule has 1 rings (SSSR count). The van der Waals surface area contributed by atoms with Crippen molar-refractivity contribution in [3.8, 4) is 11.8 Å². The molecule has 0 aliphatic rings. The maximum Gasteiger partial charge on any atom is 0.224 e. The van der Waals surface area contributed by atoms with E-state index in [1.807, 2.05) is 25.1 Å². The topological polar surface area (TPSA) is 64.3 Å². The van der Waals surface area contributed by atoms with Gasteiger partial charge in [-0.2, -0.15) is 0 Å². The highest BCUT2D eigenvalue weighted by Crippen LogP contribution is 2.16. The molecule has 0 saturated carbocycles. The number of nitrogens with one attached hydrogen (secondary N) is 1. The molecule has 4 heteroatoms. The summed E-state index contributed by atoms with van der Waals surface area (Å²) in [5.41, 5.74) is 8.00. The predicted octanol–water partition coefficient (Wildman–Crippen LogP) is 1.67. The molecule has 0 unspecified atom stereocenters. The van der Waals surface area contributed by atoms with Gasteiger partial charge in [-0.1, -0.05) is 17.9 Å². The monoisotopic (exact) mass is 260 g/mol. The minimum Gasteiger partial charge on any atom is -0.385 e. The normalized spacial score (nSPS) is 9.63. The SMILES string of the molecule is COCCCC(=O)Nc1ccc(C)cc1C#CCN. The largest absolute Gasteiger partial charge is 0.385 e. The summed E-state index contributed by atoms with van der Waals surface area (Å²) in [6, 6.07) is 5.75. The van der Waals surface area contributed by atoms with Gasteiger partial charge in [-0.15, -0.1) is 0 Å². The second-order valence-electron chi connectivity index (χ2n) is 4.20. The zero-order valence-electron chi connectivity index (χ0n) is 11.5. The van der Waals surface area contributed by atoms with Gasteiger partial charge in [0.15, 0.2) is 0 Å². The molecule has 0 bridgehead atoms.